The summed E-state index contributed by atoms with van der Waals surface area (Å²) in [5.74, 6) is 0.817. The van der Waals surface area contributed by atoms with Crippen molar-refractivity contribution in [2.75, 3.05) is 13.2 Å². The summed E-state index contributed by atoms with van der Waals surface area (Å²) < 4.78 is 1.89. The van der Waals surface area contributed by atoms with Gasteiger partial charge in [0.1, 0.15) is 5.82 Å². The standard InChI is InChI=1S/C18H24N4O2/c1-21-11-9-19-17(21)13-20-18(24)22(10-4-12-23)16-8-7-14-5-2-3-6-15(14)16/h2-3,5-6,9,11,16,23H,4,7-8,10,12-13H2,1H3,(H,20,24)/t16-/m0/s1. The molecule has 24 heavy (non-hydrogen) atoms. The van der Waals surface area contributed by atoms with Crippen molar-refractivity contribution in [3.8, 4) is 0 Å². The molecule has 0 spiro atoms. The van der Waals surface area contributed by atoms with Gasteiger partial charge in [0.2, 0.25) is 0 Å². The number of carbonyl (C=O) groups excluding carboxylic acids is 1. The number of amides is 2. The van der Waals surface area contributed by atoms with Gasteiger partial charge in [0.25, 0.3) is 0 Å². The number of hydrogen-bond donors (Lipinski definition) is 2. The average molecular weight is 328 g/mol. The summed E-state index contributed by atoms with van der Waals surface area (Å²) in [5, 5.41) is 12.1. The van der Waals surface area contributed by atoms with E-state index in [1.54, 1.807) is 6.20 Å². The number of aliphatic hydroxyl groups excluding tert-OH is 1. The molecule has 2 amide bonds. The first-order chi connectivity index (χ1) is 11.7. The number of nitrogens with zero attached hydrogens (tertiary/aromatic N) is 3. The van der Waals surface area contributed by atoms with E-state index in [4.69, 9.17) is 0 Å². The van der Waals surface area contributed by atoms with Gasteiger partial charge in [-0.3, -0.25) is 0 Å². The van der Waals surface area contributed by atoms with Crippen molar-refractivity contribution in [1.29, 1.82) is 0 Å². The van der Waals surface area contributed by atoms with Crippen LogP contribution in [0, 0.1) is 0 Å². The van der Waals surface area contributed by atoms with Gasteiger partial charge in [-0.05, 0) is 30.4 Å². The van der Waals surface area contributed by atoms with Gasteiger partial charge in [-0.25, -0.2) is 9.78 Å². The van der Waals surface area contributed by atoms with Gasteiger partial charge in [-0.1, -0.05) is 24.3 Å². The number of aromatic nitrogens is 2. The Morgan fingerprint density at radius 3 is 3.04 bits per heavy atom. The van der Waals surface area contributed by atoms with Crippen LogP contribution < -0.4 is 5.32 Å². The second kappa shape index (κ2) is 7.49. The summed E-state index contributed by atoms with van der Waals surface area (Å²) in [6.07, 6.45) is 6.08. The fraction of sp³-hybridized carbons (Fsp3) is 0.444. The fourth-order valence-corrected chi connectivity index (χ4v) is 3.32. The van der Waals surface area contributed by atoms with Crippen molar-refractivity contribution < 1.29 is 9.90 Å². The Balaban J connectivity index is 1.72. The predicted octanol–water partition coefficient (Wildman–Crippen LogP) is 2.00. The molecule has 1 heterocycles. The van der Waals surface area contributed by atoms with E-state index in [-0.39, 0.29) is 18.7 Å². The molecular formula is C18H24N4O2. The van der Waals surface area contributed by atoms with Gasteiger partial charge >= 0.3 is 6.03 Å². The van der Waals surface area contributed by atoms with Crippen LogP contribution in [0.1, 0.15) is 35.8 Å². The first-order valence-corrected chi connectivity index (χ1v) is 8.40. The Morgan fingerprint density at radius 1 is 1.46 bits per heavy atom. The molecule has 6 nitrogen and oxygen atoms in total. The van der Waals surface area contributed by atoms with Gasteiger partial charge in [-0.2, -0.15) is 0 Å². The maximum absolute atomic E-state index is 12.7. The molecule has 0 aliphatic heterocycles. The summed E-state index contributed by atoms with van der Waals surface area (Å²) in [7, 11) is 1.91. The SMILES string of the molecule is Cn1ccnc1CNC(=O)N(CCCO)[C@H]1CCc2ccccc21. The number of rotatable bonds is 6. The lowest BCUT2D eigenvalue weighted by Crippen LogP contribution is -2.42. The van der Waals surface area contributed by atoms with E-state index >= 15 is 0 Å². The molecule has 0 bridgehead atoms. The fourth-order valence-electron chi connectivity index (χ4n) is 3.32. The first-order valence-electron chi connectivity index (χ1n) is 8.40. The lowest BCUT2D eigenvalue weighted by Gasteiger charge is -2.30. The normalized spacial score (nSPS) is 16.0. The van der Waals surface area contributed by atoms with Gasteiger partial charge in [0, 0.05) is 32.6 Å². The highest BCUT2D eigenvalue weighted by Crippen LogP contribution is 2.35. The highest BCUT2D eigenvalue weighted by molar-refractivity contribution is 5.75. The van der Waals surface area contributed by atoms with Crippen molar-refractivity contribution in [2.45, 2.75) is 31.8 Å². The third-order valence-corrected chi connectivity index (χ3v) is 4.61. The Bertz CT molecular complexity index is 698. The second-order valence-electron chi connectivity index (χ2n) is 6.14. The maximum atomic E-state index is 12.7. The minimum Gasteiger partial charge on any atom is -0.396 e. The van der Waals surface area contributed by atoms with Crippen LogP contribution in [0.25, 0.3) is 0 Å². The summed E-state index contributed by atoms with van der Waals surface area (Å²) in [6, 6.07) is 8.27. The van der Waals surface area contributed by atoms with Crippen LogP contribution in [0.5, 0.6) is 0 Å². The van der Waals surface area contributed by atoms with Crippen molar-refractivity contribution in [1.82, 2.24) is 19.8 Å². The van der Waals surface area contributed by atoms with E-state index in [1.807, 2.05) is 34.8 Å². The van der Waals surface area contributed by atoms with Crippen molar-refractivity contribution >= 4 is 6.03 Å². The molecule has 0 fully saturated rings. The number of urea groups is 1. The Kier molecular flexibility index (Phi) is 5.15. The second-order valence-corrected chi connectivity index (χ2v) is 6.14. The molecule has 6 heteroatoms. The minimum absolute atomic E-state index is 0.0779. The molecule has 0 unspecified atom stereocenters. The zero-order chi connectivity index (χ0) is 16.9. The van der Waals surface area contributed by atoms with Crippen molar-refractivity contribution in [3.05, 3.63) is 53.6 Å². The zero-order valence-electron chi connectivity index (χ0n) is 14.0. The summed E-state index contributed by atoms with van der Waals surface area (Å²) in [4.78, 5) is 18.8. The van der Waals surface area contributed by atoms with Crippen LogP contribution in [0.2, 0.25) is 0 Å². The van der Waals surface area contributed by atoms with Crippen LogP contribution in [0.3, 0.4) is 0 Å². The summed E-state index contributed by atoms with van der Waals surface area (Å²) >= 11 is 0. The largest absolute Gasteiger partial charge is 0.396 e. The quantitative estimate of drug-likeness (QED) is 0.852. The van der Waals surface area contributed by atoms with E-state index in [0.717, 1.165) is 18.7 Å². The number of carbonyl (C=O) groups is 1. The number of nitrogens with one attached hydrogen (secondary N) is 1. The van der Waals surface area contributed by atoms with Crippen LogP contribution >= 0.6 is 0 Å². The number of imidazole rings is 1. The lowest BCUT2D eigenvalue weighted by molar-refractivity contribution is 0.164. The summed E-state index contributed by atoms with van der Waals surface area (Å²) in [5.41, 5.74) is 2.54. The Hall–Kier alpha value is -2.34. The van der Waals surface area contributed by atoms with E-state index < -0.39 is 0 Å². The molecule has 1 aromatic carbocycles. The number of hydrogen-bond acceptors (Lipinski definition) is 3. The molecule has 2 N–H and O–H groups in total. The molecule has 3 rings (SSSR count). The first kappa shape index (κ1) is 16.5. The van der Waals surface area contributed by atoms with Crippen LogP contribution in [-0.4, -0.2) is 38.7 Å². The van der Waals surface area contributed by atoms with Gasteiger partial charge < -0.3 is 19.9 Å². The van der Waals surface area contributed by atoms with Crippen LogP contribution in [0.15, 0.2) is 36.7 Å². The van der Waals surface area contributed by atoms with E-state index in [0.29, 0.717) is 19.5 Å². The number of benzene rings is 1. The minimum atomic E-state index is -0.104. The molecular weight excluding hydrogens is 304 g/mol. The molecule has 1 aliphatic rings. The van der Waals surface area contributed by atoms with Gasteiger partial charge in [0.15, 0.2) is 0 Å². The molecule has 0 radical (unpaired) electrons. The molecule has 0 saturated heterocycles. The van der Waals surface area contributed by atoms with Gasteiger partial charge in [0.05, 0.1) is 12.6 Å². The average Bonchev–Trinajstić information content (AvgIpc) is 3.20. The molecule has 1 atom stereocenters. The van der Waals surface area contributed by atoms with Crippen molar-refractivity contribution in [3.63, 3.8) is 0 Å². The topological polar surface area (TPSA) is 70.4 Å². The number of aryl methyl sites for hydroxylation is 2. The Labute approximate surface area is 142 Å². The van der Waals surface area contributed by atoms with Crippen LogP contribution in [-0.2, 0) is 20.0 Å². The van der Waals surface area contributed by atoms with Crippen molar-refractivity contribution in [2.24, 2.45) is 7.05 Å². The number of aliphatic hydroxyl groups is 1. The van der Waals surface area contributed by atoms with E-state index in [2.05, 4.69) is 22.4 Å². The highest BCUT2D eigenvalue weighted by Gasteiger charge is 2.30. The third kappa shape index (κ3) is 3.43. The Morgan fingerprint density at radius 2 is 2.29 bits per heavy atom. The van der Waals surface area contributed by atoms with E-state index in [1.165, 1.54) is 11.1 Å². The molecule has 128 valence electrons. The highest BCUT2D eigenvalue weighted by atomic mass is 16.3. The zero-order valence-corrected chi connectivity index (χ0v) is 14.0. The monoisotopic (exact) mass is 328 g/mol. The summed E-state index contributed by atoms with van der Waals surface area (Å²) in [6.45, 7) is 1.02. The van der Waals surface area contributed by atoms with E-state index in [9.17, 15) is 9.90 Å². The lowest BCUT2D eigenvalue weighted by atomic mass is 10.1. The smallest absolute Gasteiger partial charge is 0.318 e. The molecule has 0 saturated carbocycles. The van der Waals surface area contributed by atoms with Gasteiger partial charge in [-0.15, -0.1) is 0 Å². The predicted molar refractivity (Wildman–Crippen MR) is 91.4 cm³/mol. The maximum Gasteiger partial charge on any atom is 0.318 e. The molecule has 1 aromatic heterocycles. The molecule has 2 aromatic rings. The third-order valence-electron chi connectivity index (χ3n) is 4.61. The van der Waals surface area contributed by atoms with Crippen LogP contribution in [0.4, 0.5) is 4.79 Å². The molecule has 1 aliphatic carbocycles. The number of fused-ring (bicyclic) bond motifs is 1.